The summed E-state index contributed by atoms with van der Waals surface area (Å²) < 4.78 is 0. The number of unbranched alkanes of at least 4 members (excludes halogenated alkanes) is 2. The third-order valence-corrected chi connectivity index (χ3v) is 2.64. The van der Waals surface area contributed by atoms with Crippen LogP contribution in [-0.4, -0.2) is 37.1 Å². The molecule has 0 bridgehead atoms. The minimum atomic E-state index is 1.000. The van der Waals surface area contributed by atoms with Gasteiger partial charge in [-0.3, -0.25) is 4.98 Å². The van der Waals surface area contributed by atoms with Gasteiger partial charge in [0.15, 0.2) is 0 Å². The van der Waals surface area contributed by atoms with Crippen molar-refractivity contribution in [1.82, 2.24) is 15.2 Å². The molecule has 0 aromatic carbocycles. The Morgan fingerprint density at radius 2 is 2.19 bits per heavy atom. The van der Waals surface area contributed by atoms with Crippen molar-refractivity contribution >= 4 is 0 Å². The van der Waals surface area contributed by atoms with E-state index in [-0.39, 0.29) is 0 Å². The first-order chi connectivity index (χ1) is 7.83. The molecule has 0 atom stereocenters. The lowest BCUT2D eigenvalue weighted by molar-refractivity contribution is 0.317. The number of hydrogen-bond acceptors (Lipinski definition) is 3. The monoisotopic (exact) mass is 221 g/mol. The van der Waals surface area contributed by atoms with Gasteiger partial charge in [-0.2, -0.15) is 0 Å². The highest BCUT2D eigenvalue weighted by atomic mass is 15.1. The molecular formula is C13H23N3. The van der Waals surface area contributed by atoms with Crippen LogP contribution in [0.4, 0.5) is 0 Å². The first-order valence-corrected chi connectivity index (χ1v) is 6.05. The third-order valence-electron chi connectivity index (χ3n) is 2.64. The molecule has 0 spiro atoms. The maximum absolute atomic E-state index is 4.12. The molecule has 0 fully saturated rings. The summed E-state index contributed by atoms with van der Waals surface area (Å²) in [7, 11) is 4.18. The van der Waals surface area contributed by atoms with Gasteiger partial charge in [-0.25, -0.2) is 0 Å². The van der Waals surface area contributed by atoms with E-state index in [4.69, 9.17) is 0 Å². The number of nitrogens with zero attached hydrogens (tertiary/aromatic N) is 2. The average Bonchev–Trinajstić information content (AvgIpc) is 2.30. The molecule has 1 aromatic rings. The van der Waals surface area contributed by atoms with E-state index < -0.39 is 0 Å². The molecule has 3 heteroatoms. The van der Waals surface area contributed by atoms with Gasteiger partial charge in [-0.05, 0) is 51.7 Å². The van der Waals surface area contributed by atoms with Gasteiger partial charge in [-0.1, -0.05) is 12.5 Å². The van der Waals surface area contributed by atoms with Crippen LogP contribution in [-0.2, 0) is 6.54 Å². The fraction of sp³-hybridized carbons (Fsp3) is 0.615. The topological polar surface area (TPSA) is 28.2 Å². The van der Waals surface area contributed by atoms with Crippen LogP contribution in [0, 0.1) is 0 Å². The zero-order valence-electron chi connectivity index (χ0n) is 10.4. The fourth-order valence-electron chi connectivity index (χ4n) is 1.74. The van der Waals surface area contributed by atoms with Gasteiger partial charge < -0.3 is 10.2 Å². The Kier molecular flexibility index (Phi) is 6.77. The first kappa shape index (κ1) is 13.1. The molecule has 0 aliphatic heterocycles. The van der Waals surface area contributed by atoms with Crippen LogP contribution in [0.3, 0.4) is 0 Å². The lowest BCUT2D eigenvalue weighted by Crippen LogP contribution is -2.19. The van der Waals surface area contributed by atoms with E-state index in [9.17, 15) is 0 Å². The van der Waals surface area contributed by atoms with Gasteiger partial charge in [0.05, 0.1) is 0 Å². The van der Waals surface area contributed by atoms with Crippen molar-refractivity contribution < 1.29 is 0 Å². The van der Waals surface area contributed by atoms with Crippen molar-refractivity contribution in [2.24, 2.45) is 0 Å². The lowest BCUT2D eigenvalue weighted by Gasteiger charge is -2.16. The van der Waals surface area contributed by atoms with Gasteiger partial charge in [0, 0.05) is 18.9 Å². The summed E-state index contributed by atoms with van der Waals surface area (Å²) in [6, 6.07) is 4.13. The molecule has 3 nitrogen and oxygen atoms in total. The fourth-order valence-corrected chi connectivity index (χ4v) is 1.74. The van der Waals surface area contributed by atoms with E-state index in [1.54, 1.807) is 0 Å². The highest BCUT2D eigenvalue weighted by Crippen LogP contribution is 2.03. The van der Waals surface area contributed by atoms with E-state index in [1.165, 1.54) is 31.4 Å². The summed E-state index contributed by atoms with van der Waals surface area (Å²) in [6.45, 7) is 3.30. The van der Waals surface area contributed by atoms with Crippen LogP contribution >= 0.6 is 0 Å². The normalized spacial score (nSPS) is 10.9. The quantitative estimate of drug-likeness (QED) is 0.680. The Bertz CT molecular complexity index is 261. The molecule has 1 heterocycles. The number of nitrogens with one attached hydrogen (secondary N) is 1. The van der Waals surface area contributed by atoms with E-state index in [0.29, 0.717) is 0 Å². The van der Waals surface area contributed by atoms with Crippen LogP contribution in [0.1, 0.15) is 24.8 Å². The molecule has 1 aromatic heterocycles. The largest absolute Gasteiger partial charge is 0.320 e. The van der Waals surface area contributed by atoms with Crippen molar-refractivity contribution in [3.05, 3.63) is 30.1 Å². The highest BCUT2D eigenvalue weighted by molar-refractivity contribution is 5.07. The standard InChI is InChI=1S/C13H23N3/c1-14-8-4-3-5-10-16(2)12-13-7-6-9-15-11-13/h6-7,9,11,14H,3-5,8,10,12H2,1-2H3. The van der Waals surface area contributed by atoms with Gasteiger partial charge in [0.2, 0.25) is 0 Å². The summed E-state index contributed by atoms with van der Waals surface area (Å²) in [5, 5.41) is 3.17. The van der Waals surface area contributed by atoms with Crippen molar-refractivity contribution in [1.29, 1.82) is 0 Å². The van der Waals surface area contributed by atoms with E-state index in [1.807, 2.05) is 25.5 Å². The molecular weight excluding hydrogens is 198 g/mol. The molecule has 0 saturated carbocycles. The van der Waals surface area contributed by atoms with Crippen LogP contribution in [0.5, 0.6) is 0 Å². The molecule has 0 unspecified atom stereocenters. The van der Waals surface area contributed by atoms with Gasteiger partial charge in [0.25, 0.3) is 0 Å². The predicted octanol–water partition coefficient (Wildman–Crippen LogP) is 1.90. The molecule has 0 aliphatic rings. The van der Waals surface area contributed by atoms with Crippen LogP contribution in [0.25, 0.3) is 0 Å². The Morgan fingerprint density at radius 3 is 2.88 bits per heavy atom. The predicted molar refractivity (Wildman–Crippen MR) is 68.3 cm³/mol. The summed E-state index contributed by atoms with van der Waals surface area (Å²) in [5.41, 5.74) is 1.29. The molecule has 1 rings (SSSR count). The first-order valence-electron chi connectivity index (χ1n) is 6.05. The molecule has 0 radical (unpaired) electrons. The second-order valence-corrected chi connectivity index (χ2v) is 4.26. The molecule has 0 saturated heterocycles. The smallest absolute Gasteiger partial charge is 0.0312 e. The number of hydrogen-bond donors (Lipinski definition) is 1. The minimum Gasteiger partial charge on any atom is -0.320 e. The van der Waals surface area contributed by atoms with Crippen molar-refractivity contribution in [3.63, 3.8) is 0 Å². The van der Waals surface area contributed by atoms with Crippen LogP contribution in [0.15, 0.2) is 24.5 Å². The van der Waals surface area contributed by atoms with Crippen LogP contribution < -0.4 is 5.32 Å². The Hall–Kier alpha value is -0.930. The summed E-state index contributed by atoms with van der Waals surface area (Å²) in [5.74, 6) is 0. The lowest BCUT2D eigenvalue weighted by atomic mass is 10.2. The Labute approximate surface area is 98.9 Å². The molecule has 0 amide bonds. The SMILES string of the molecule is CNCCCCCN(C)Cc1cccnc1. The second kappa shape index (κ2) is 8.25. The van der Waals surface area contributed by atoms with Crippen molar-refractivity contribution in [3.8, 4) is 0 Å². The van der Waals surface area contributed by atoms with Gasteiger partial charge in [0.1, 0.15) is 0 Å². The summed E-state index contributed by atoms with van der Waals surface area (Å²) >= 11 is 0. The zero-order valence-corrected chi connectivity index (χ0v) is 10.4. The molecule has 1 N–H and O–H groups in total. The minimum absolute atomic E-state index is 1.000. The molecule has 90 valence electrons. The van der Waals surface area contributed by atoms with E-state index in [0.717, 1.165) is 13.1 Å². The van der Waals surface area contributed by atoms with Crippen LogP contribution in [0.2, 0.25) is 0 Å². The maximum atomic E-state index is 4.12. The zero-order chi connectivity index (χ0) is 11.6. The third kappa shape index (κ3) is 5.83. The number of aromatic nitrogens is 1. The van der Waals surface area contributed by atoms with Crippen molar-refractivity contribution in [2.75, 3.05) is 27.2 Å². The molecule has 16 heavy (non-hydrogen) atoms. The Morgan fingerprint density at radius 1 is 1.31 bits per heavy atom. The van der Waals surface area contributed by atoms with Gasteiger partial charge in [-0.15, -0.1) is 0 Å². The number of rotatable bonds is 8. The maximum Gasteiger partial charge on any atom is 0.0312 e. The van der Waals surface area contributed by atoms with E-state index >= 15 is 0 Å². The summed E-state index contributed by atoms with van der Waals surface area (Å²) in [6.07, 6.45) is 7.62. The second-order valence-electron chi connectivity index (χ2n) is 4.26. The van der Waals surface area contributed by atoms with Crippen molar-refractivity contribution in [2.45, 2.75) is 25.8 Å². The number of pyridine rings is 1. The van der Waals surface area contributed by atoms with E-state index in [2.05, 4.69) is 28.3 Å². The average molecular weight is 221 g/mol. The van der Waals surface area contributed by atoms with Gasteiger partial charge >= 0.3 is 0 Å². The summed E-state index contributed by atoms with van der Waals surface area (Å²) in [4.78, 5) is 6.48. The highest BCUT2D eigenvalue weighted by Gasteiger charge is 1.99. The Balaban J connectivity index is 2.09. The molecule has 0 aliphatic carbocycles.